The monoisotopic (exact) mass is 409 g/mol. The van der Waals surface area contributed by atoms with E-state index < -0.39 is 12.8 Å². The molecule has 0 aliphatic heterocycles. The van der Waals surface area contributed by atoms with Gasteiger partial charge in [0.05, 0.1) is 17.1 Å². The van der Waals surface area contributed by atoms with Gasteiger partial charge in [0.15, 0.2) is 11.7 Å². The smallest absolute Gasteiger partial charge is 0.422 e. The van der Waals surface area contributed by atoms with Crippen molar-refractivity contribution < 1.29 is 22.7 Å². The molecule has 1 aliphatic rings. The molecule has 0 bridgehead atoms. The van der Waals surface area contributed by atoms with Crippen molar-refractivity contribution in [3.63, 3.8) is 0 Å². The number of fused-ring (bicyclic) bond motifs is 1. The molecule has 3 atom stereocenters. The number of amides is 1. The molecular weight excluding hydrogens is 391 g/mol. The number of carbonyl (C=O) groups excluding carboxylic acids is 1. The van der Waals surface area contributed by atoms with Crippen LogP contribution in [0.3, 0.4) is 0 Å². The number of halogens is 3. The molecule has 1 saturated carbocycles. The van der Waals surface area contributed by atoms with Gasteiger partial charge in [-0.25, -0.2) is 4.98 Å². The summed E-state index contributed by atoms with van der Waals surface area (Å²) in [4.78, 5) is 21.1. The third-order valence-electron chi connectivity index (χ3n) is 4.65. The number of para-hydroxylation sites is 2. The van der Waals surface area contributed by atoms with E-state index in [0.29, 0.717) is 0 Å². The molecule has 28 heavy (non-hydrogen) atoms. The van der Waals surface area contributed by atoms with Crippen LogP contribution in [0, 0.1) is 5.92 Å². The summed E-state index contributed by atoms with van der Waals surface area (Å²) in [7, 11) is 0. The number of imidazole rings is 1. The normalized spacial score (nSPS) is 20.1. The van der Waals surface area contributed by atoms with Gasteiger partial charge in [-0.2, -0.15) is 13.2 Å². The zero-order valence-electron chi connectivity index (χ0n) is 14.9. The van der Waals surface area contributed by atoms with Crippen LogP contribution in [0.25, 0.3) is 11.0 Å². The number of carbonyl (C=O) groups is 1. The molecule has 1 aromatic carbocycles. The summed E-state index contributed by atoms with van der Waals surface area (Å²) in [6.45, 7) is 0.477. The first-order valence-electron chi connectivity index (χ1n) is 8.84. The third-order valence-corrected chi connectivity index (χ3v) is 5.83. The number of nitrogens with one attached hydrogen (secondary N) is 2. The van der Waals surface area contributed by atoms with Crippen molar-refractivity contribution in [2.45, 2.75) is 31.5 Å². The van der Waals surface area contributed by atoms with Crippen LogP contribution >= 0.6 is 11.3 Å². The highest BCUT2D eigenvalue weighted by Gasteiger charge is 2.46. The Hall–Kier alpha value is -2.55. The van der Waals surface area contributed by atoms with E-state index in [9.17, 15) is 18.0 Å². The van der Waals surface area contributed by atoms with Crippen LogP contribution in [0.5, 0.6) is 5.06 Å². The molecule has 1 fully saturated rings. The maximum atomic E-state index is 12.5. The molecule has 0 radical (unpaired) electrons. The van der Waals surface area contributed by atoms with E-state index in [1.807, 2.05) is 24.3 Å². The maximum Gasteiger partial charge on any atom is 0.422 e. The van der Waals surface area contributed by atoms with Crippen LogP contribution in [-0.4, -0.2) is 28.7 Å². The lowest BCUT2D eigenvalue weighted by molar-refractivity contribution is -0.152. The fraction of sp³-hybridized carbons (Fsp3) is 0.368. The van der Waals surface area contributed by atoms with Crippen molar-refractivity contribution in [2.75, 3.05) is 6.61 Å². The summed E-state index contributed by atoms with van der Waals surface area (Å²) in [5, 5.41) is 3.11. The molecule has 9 heteroatoms. The summed E-state index contributed by atoms with van der Waals surface area (Å²) >= 11 is 1.10. The highest BCUT2D eigenvalue weighted by atomic mass is 32.1. The molecule has 2 N–H and O–H groups in total. The molecule has 0 saturated heterocycles. The average Bonchev–Trinajstić information content (AvgIpc) is 3.11. The quantitative estimate of drug-likeness (QED) is 0.628. The Morgan fingerprint density at radius 2 is 2.14 bits per heavy atom. The van der Waals surface area contributed by atoms with Gasteiger partial charge in [-0.1, -0.05) is 12.1 Å². The average molecular weight is 409 g/mol. The Bertz CT molecular complexity index is 965. The van der Waals surface area contributed by atoms with Crippen molar-refractivity contribution >= 4 is 28.3 Å². The number of thiophene rings is 1. The van der Waals surface area contributed by atoms with Crippen LogP contribution in [0.15, 0.2) is 36.4 Å². The highest BCUT2D eigenvalue weighted by molar-refractivity contribution is 7.13. The second-order valence-electron chi connectivity index (χ2n) is 6.88. The Labute approximate surface area is 162 Å². The zero-order chi connectivity index (χ0) is 19.9. The van der Waals surface area contributed by atoms with E-state index in [0.717, 1.165) is 39.5 Å². The molecule has 0 spiro atoms. The van der Waals surface area contributed by atoms with E-state index in [1.54, 1.807) is 13.0 Å². The number of alkyl halides is 3. The summed E-state index contributed by atoms with van der Waals surface area (Å²) in [6, 6.07) is 10.6. The predicted octanol–water partition coefficient (Wildman–Crippen LogP) is 4.55. The summed E-state index contributed by atoms with van der Waals surface area (Å²) in [5.74, 6) is 0.648. The lowest BCUT2D eigenvalue weighted by atomic mass is 10.2. The van der Waals surface area contributed by atoms with Gasteiger partial charge in [-0.15, -0.1) is 11.3 Å². The van der Waals surface area contributed by atoms with E-state index in [4.69, 9.17) is 4.74 Å². The van der Waals surface area contributed by atoms with E-state index in [-0.39, 0.29) is 28.8 Å². The van der Waals surface area contributed by atoms with Gasteiger partial charge in [0.2, 0.25) is 5.91 Å². The Morgan fingerprint density at radius 3 is 2.89 bits per heavy atom. The first-order valence-corrected chi connectivity index (χ1v) is 9.66. The van der Waals surface area contributed by atoms with Gasteiger partial charge < -0.3 is 15.0 Å². The van der Waals surface area contributed by atoms with Crippen molar-refractivity contribution in [1.29, 1.82) is 0 Å². The molecule has 1 amide bonds. The Balaban J connectivity index is 1.33. The first-order chi connectivity index (χ1) is 13.3. The number of aromatic nitrogens is 2. The lowest BCUT2D eigenvalue weighted by Gasteiger charge is -2.12. The summed E-state index contributed by atoms with van der Waals surface area (Å²) < 4.78 is 41.4. The Morgan fingerprint density at radius 1 is 1.36 bits per heavy atom. The molecular formula is C19H18F3N3O2S. The van der Waals surface area contributed by atoms with Crippen molar-refractivity contribution in [2.24, 2.45) is 5.92 Å². The van der Waals surface area contributed by atoms with Gasteiger partial charge in [0.25, 0.3) is 0 Å². The number of benzene rings is 1. The number of hydrogen-bond donors (Lipinski definition) is 2. The number of H-pyrrole nitrogens is 1. The summed E-state index contributed by atoms with van der Waals surface area (Å²) in [6.07, 6.45) is -3.65. The van der Waals surface area contributed by atoms with Crippen LogP contribution in [-0.2, 0) is 4.79 Å². The SMILES string of the molecule is C[C@@H](NC(=O)[C@H]1C[C@@H]1c1nc2ccccc2[nH]1)c1ccc(OCC(F)(F)F)s1. The van der Waals surface area contributed by atoms with Crippen LogP contribution in [0.4, 0.5) is 13.2 Å². The number of hydrogen-bond acceptors (Lipinski definition) is 4. The minimum Gasteiger partial charge on any atom is -0.475 e. The second kappa shape index (κ2) is 7.12. The van der Waals surface area contributed by atoms with Crippen LogP contribution < -0.4 is 10.1 Å². The fourth-order valence-electron chi connectivity index (χ4n) is 3.12. The van der Waals surface area contributed by atoms with E-state index in [1.165, 1.54) is 6.07 Å². The third kappa shape index (κ3) is 4.14. The first kappa shape index (κ1) is 18.8. The van der Waals surface area contributed by atoms with Crippen LogP contribution in [0.2, 0.25) is 0 Å². The van der Waals surface area contributed by atoms with Gasteiger partial charge in [0.1, 0.15) is 5.82 Å². The molecule has 2 aromatic heterocycles. The van der Waals surface area contributed by atoms with Gasteiger partial charge in [-0.3, -0.25) is 4.79 Å². The largest absolute Gasteiger partial charge is 0.475 e. The second-order valence-corrected chi connectivity index (χ2v) is 7.96. The molecule has 1 aliphatic carbocycles. The van der Waals surface area contributed by atoms with Gasteiger partial charge in [-0.05, 0) is 37.6 Å². The van der Waals surface area contributed by atoms with Crippen molar-refractivity contribution in [1.82, 2.24) is 15.3 Å². The number of ether oxygens (including phenoxy) is 1. The fourth-order valence-corrected chi connectivity index (χ4v) is 3.98. The number of rotatable bonds is 6. The number of nitrogens with zero attached hydrogens (tertiary/aromatic N) is 1. The number of aromatic amines is 1. The van der Waals surface area contributed by atoms with Crippen molar-refractivity contribution in [3.8, 4) is 5.06 Å². The maximum absolute atomic E-state index is 12.5. The Kier molecular flexibility index (Phi) is 4.78. The van der Waals surface area contributed by atoms with E-state index >= 15 is 0 Å². The molecule has 2 heterocycles. The van der Waals surface area contributed by atoms with Crippen LogP contribution in [0.1, 0.15) is 36.0 Å². The molecule has 5 nitrogen and oxygen atoms in total. The standard InChI is InChI=1S/C19H18F3N3O2S/c1-10(15-6-7-16(28-15)27-9-19(20,21)22)23-18(26)12-8-11(12)17-24-13-4-2-3-5-14(13)25-17/h2-7,10-12H,8-9H2,1H3,(H,23,26)(H,24,25)/t10-,11+,12+/m1/s1. The van der Waals surface area contributed by atoms with Crippen molar-refractivity contribution in [3.05, 3.63) is 47.1 Å². The predicted molar refractivity (Wildman–Crippen MR) is 99.4 cm³/mol. The topological polar surface area (TPSA) is 67.0 Å². The molecule has 0 unspecified atom stereocenters. The minimum atomic E-state index is -4.37. The minimum absolute atomic E-state index is 0.0635. The van der Waals surface area contributed by atoms with Gasteiger partial charge in [0, 0.05) is 16.7 Å². The van der Waals surface area contributed by atoms with Gasteiger partial charge >= 0.3 is 6.18 Å². The molecule has 148 valence electrons. The van der Waals surface area contributed by atoms with E-state index in [2.05, 4.69) is 15.3 Å². The highest BCUT2D eigenvalue weighted by Crippen LogP contribution is 2.47. The summed E-state index contributed by atoms with van der Waals surface area (Å²) in [5.41, 5.74) is 1.82. The molecule has 3 aromatic rings. The lowest BCUT2D eigenvalue weighted by Crippen LogP contribution is -2.28. The molecule has 4 rings (SSSR count). The zero-order valence-corrected chi connectivity index (χ0v) is 15.7.